The number of carboxylic acids is 1. The van der Waals surface area contributed by atoms with Gasteiger partial charge in [0.1, 0.15) is 0 Å². The predicted octanol–water partition coefficient (Wildman–Crippen LogP) is 1.83. The Morgan fingerprint density at radius 2 is 2.11 bits per heavy atom. The molecule has 0 saturated heterocycles. The second-order valence-corrected chi connectivity index (χ2v) is 4.82. The van der Waals surface area contributed by atoms with Crippen LogP contribution in [-0.4, -0.2) is 32.9 Å². The SMILES string of the molecule is O=C(O)CCCC(=O)N(Cc1ccccn1)C1CC1. The molecule has 2 rings (SSSR count). The molecule has 0 unspecified atom stereocenters. The quantitative estimate of drug-likeness (QED) is 0.813. The fourth-order valence-corrected chi connectivity index (χ4v) is 2.01. The number of carbonyl (C=O) groups is 2. The third kappa shape index (κ3) is 4.35. The number of rotatable bonds is 7. The maximum atomic E-state index is 12.1. The molecule has 0 aromatic carbocycles. The van der Waals surface area contributed by atoms with E-state index in [4.69, 9.17) is 5.11 Å². The Balaban J connectivity index is 1.89. The summed E-state index contributed by atoms with van der Waals surface area (Å²) in [6, 6.07) is 5.97. The number of aromatic nitrogens is 1. The molecular weight excluding hydrogens is 244 g/mol. The van der Waals surface area contributed by atoms with Crippen LogP contribution < -0.4 is 0 Å². The van der Waals surface area contributed by atoms with Gasteiger partial charge in [0.2, 0.25) is 5.91 Å². The van der Waals surface area contributed by atoms with Crippen LogP contribution in [0.15, 0.2) is 24.4 Å². The van der Waals surface area contributed by atoms with Crippen molar-refractivity contribution in [1.29, 1.82) is 0 Å². The highest BCUT2D eigenvalue weighted by molar-refractivity contribution is 5.77. The van der Waals surface area contributed by atoms with Crippen LogP contribution in [0.1, 0.15) is 37.8 Å². The van der Waals surface area contributed by atoms with Gasteiger partial charge in [-0.25, -0.2) is 0 Å². The topological polar surface area (TPSA) is 70.5 Å². The van der Waals surface area contributed by atoms with E-state index in [1.165, 1.54) is 0 Å². The van der Waals surface area contributed by atoms with Crippen LogP contribution in [-0.2, 0) is 16.1 Å². The molecule has 5 nitrogen and oxygen atoms in total. The Kier molecular flexibility index (Phi) is 4.49. The van der Waals surface area contributed by atoms with E-state index < -0.39 is 5.97 Å². The lowest BCUT2D eigenvalue weighted by molar-refractivity contribution is -0.137. The lowest BCUT2D eigenvalue weighted by Gasteiger charge is -2.22. The maximum Gasteiger partial charge on any atom is 0.303 e. The Hall–Kier alpha value is -1.91. The van der Waals surface area contributed by atoms with Gasteiger partial charge in [0.15, 0.2) is 0 Å². The van der Waals surface area contributed by atoms with Gasteiger partial charge in [-0.05, 0) is 31.4 Å². The molecule has 5 heteroatoms. The number of aliphatic carboxylic acids is 1. The van der Waals surface area contributed by atoms with Crippen molar-refractivity contribution in [2.75, 3.05) is 0 Å². The van der Waals surface area contributed by atoms with Gasteiger partial charge in [0.25, 0.3) is 0 Å². The molecule has 1 aliphatic rings. The van der Waals surface area contributed by atoms with Crippen molar-refractivity contribution >= 4 is 11.9 Å². The number of carboxylic acid groups (broad SMARTS) is 1. The smallest absolute Gasteiger partial charge is 0.303 e. The molecule has 1 fully saturated rings. The zero-order valence-electron chi connectivity index (χ0n) is 10.8. The Morgan fingerprint density at radius 1 is 1.32 bits per heavy atom. The third-order valence-electron chi connectivity index (χ3n) is 3.15. The Morgan fingerprint density at radius 3 is 2.68 bits per heavy atom. The minimum Gasteiger partial charge on any atom is -0.481 e. The fourth-order valence-electron chi connectivity index (χ4n) is 2.01. The highest BCUT2D eigenvalue weighted by Crippen LogP contribution is 2.28. The summed E-state index contributed by atoms with van der Waals surface area (Å²) in [5.41, 5.74) is 0.876. The minimum atomic E-state index is -0.851. The number of amides is 1. The maximum absolute atomic E-state index is 12.1. The van der Waals surface area contributed by atoms with Crippen LogP contribution >= 0.6 is 0 Å². The summed E-state index contributed by atoms with van der Waals surface area (Å²) in [6.45, 7) is 0.525. The van der Waals surface area contributed by atoms with Crippen LogP contribution in [0.3, 0.4) is 0 Å². The summed E-state index contributed by atoms with van der Waals surface area (Å²) in [7, 11) is 0. The summed E-state index contributed by atoms with van der Waals surface area (Å²) in [5.74, 6) is -0.815. The second-order valence-electron chi connectivity index (χ2n) is 4.82. The summed E-state index contributed by atoms with van der Waals surface area (Å²) in [6.07, 6.45) is 4.55. The molecule has 1 N–H and O–H groups in total. The Bertz CT molecular complexity index is 443. The number of hydrogen-bond donors (Lipinski definition) is 1. The molecule has 0 atom stereocenters. The number of carbonyl (C=O) groups excluding carboxylic acids is 1. The van der Waals surface area contributed by atoms with Crippen LogP contribution in [0.2, 0.25) is 0 Å². The molecule has 0 aliphatic heterocycles. The number of hydrogen-bond acceptors (Lipinski definition) is 3. The lowest BCUT2D eigenvalue weighted by atomic mass is 10.2. The highest BCUT2D eigenvalue weighted by Gasteiger charge is 2.32. The van der Waals surface area contributed by atoms with Crippen LogP contribution in [0.25, 0.3) is 0 Å². The fraction of sp³-hybridized carbons (Fsp3) is 0.500. The molecule has 0 radical (unpaired) electrons. The van der Waals surface area contributed by atoms with Crippen LogP contribution in [0.5, 0.6) is 0 Å². The second kappa shape index (κ2) is 6.31. The first-order valence-electron chi connectivity index (χ1n) is 6.58. The molecule has 0 bridgehead atoms. The van der Waals surface area contributed by atoms with Gasteiger partial charge in [-0.15, -0.1) is 0 Å². The molecule has 1 aromatic rings. The molecule has 0 spiro atoms. The standard InChI is InChI=1S/C14H18N2O3/c17-13(5-3-6-14(18)19)16(12-7-8-12)10-11-4-1-2-9-15-11/h1-2,4,9,12H,3,5-8,10H2,(H,18,19). The van der Waals surface area contributed by atoms with Gasteiger partial charge in [-0.2, -0.15) is 0 Å². The molecule has 1 aliphatic carbocycles. The van der Waals surface area contributed by atoms with Crippen molar-refractivity contribution in [3.63, 3.8) is 0 Å². The van der Waals surface area contributed by atoms with E-state index in [1.54, 1.807) is 6.20 Å². The van der Waals surface area contributed by atoms with E-state index in [9.17, 15) is 9.59 Å². The minimum absolute atomic E-state index is 0.0365. The average Bonchev–Trinajstić information content (AvgIpc) is 3.21. The third-order valence-corrected chi connectivity index (χ3v) is 3.15. The van der Waals surface area contributed by atoms with Gasteiger partial charge in [-0.1, -0.05) is 6.07 Å². The first-order chi connectivity index (χ1) is 9.16. The molecule has 19 heavy (non-hydrogen) atoms. The van der Waals surface area contributed by atoms with Crippen LogP contribution in [0.4, 0.5) is 0 Å². The summed E-state index contributed by atoms with van der Waals surface area (Å²) >= 11 is 0. The molecule has 1 heterocycles. The molecule has 1 saturated carbocycles. The lowest BCUT2D eigenvalue weighted by Crippen LogP contribution is -2.32. The van der Waals surface area contributed by atoms with Crippen molar-refractivity contribution in [2.24, 2.45) is 0 Å². The van der Waals surface area contributed by atoms with E-state index in [2.05, 4.69) is 4.98 Å². The first-order valence-corrected chi connectivity index (χ1v) is 6.58. The van der Waals surface area contributed by atoms with E-state index in [0.29, 0.717) is 25.4 Å². The average molecular weight is 262 g/mol. The van der Waals surface area contributed by atoms with Gasteiger partial charge in [0.05, 0.1) is 12.2 Å². The highest BCUT2D eigenvalue weighted by atomic mass is 16.4. The largest absolute Gasteiger partial charge is 0.481 e. The number of pyridine rings is 1. The summed E-state index contributed by atoms with van der Waals surface area (Å²) in [5, 5.41) is 8.59. The molecule has 102 valence electrons. The van der Waals surface area contributed by atoms with Crippen LogP contribution in [0, 0.1) is 0 Å². The van der Waals surface area contributed by atoms with Gasteiger partial charge in [0, 0.05) is 25.1 Å². The normalized spacial score (nSPS) is 14.1. The van der Waals surface area contributed by atoms with E-state index in [-0.39, 0.29) is 12.3 Å². The van der Waals surface area contributed by atoms with E-state index in [0.717, 1.165) is 18.5 Å². The van der Waals surface area contributed by atoms with Gasteiger partial charge in [-0.3, -0.25) is 14.6 Å². The first kappa shape index (κ1) is 13.5. The van der Waals surface area contributed by atoms with Crippen molar-refractivity contribution in [1.82, 2.24) is 9.88 Å². The number of nitrogens with zero attached hydrogens (tertiary/aromatic N) is 2. The van der Waals surface area contributed by atoms with Crippen molar-refractivity contribution < 1.29 is 14.7 Å². The Labute approximate surface area is 112 Å². The zero-order valence-corrected chi connectivity index (χ0v) is 10.8. The molecule has 1 aromatic heterocycles. The molecule has 1 amide bonds. The summed E-state index contributed by atoms with van der Waals surface area (Å²) in [4.78, 5) is 28.6. The van der Waals surface area contributed by atoms with Crippen molar-refractivity contribution in [3.05, 3.63) is 30.1 Å². The zero-order chi connectivity index (χ0) is 13.7. The van der Waals surface area contributed by atoms with Gasteiger partial charge < -0.3 is 10.0 Å². The van der Waals surface area contributed by atoms with E-state index >= 15 is 0 Å². The summed E-state index contributed by atoms with van der Waals surface area (Å²) < 4.78 is 0. The monoisotopic (exact) mass is 262 g/mol. The van der Waals surface area contributed by atoms with E-state index in [1.807, 2.05) is 23.1 Å². The van der Waals surface area contributed by atoms with Gasteiger partial charge >= 0.3 is 5.97 Å². The molecular formula is C14H18N2O3. The van der Waals surface area contributed by atoms with Crippen molar-refractivity contribution in [3.8, 4) is 0 Å². The van der Waals surface area contributed by atoms with Crippen molar-refractivity contribution in [2.45, 2.75) is 44.7 Å². The predicted molar refractivity (Wildman–Crippen MR) is 69.3 cm³/mol.